The van der Waals surface area contributed by atoms with E-state index in [4.69, 9.17) is 10.8 Å². The van der Waals surface area contributed by atoms with Gasteiger partial charge in [0.2, 0.25) is 0 Å². The lowest BCUT2D eigenvalue weighted by atomic mass is 9.86. The summed E-state index contributed by atoms with van der Waals surface area (Å²) in [5.41, 5.74) is 5.41. The molecule has 20 heavy (non-hydrogen) atoms. The maximum Gasteiger partial charge on any atom is 0.306 e. The highest BCUT2D eigenvalue weighted by molar-refractivity contribution is 5.98. The molecule has 1 fully saturated rings. The zero-order valence-electron chi connectivity index (χ0n) is 10.9. The number of nitrogens with one attached hydrogen (secondary N) is 1. The standard InChI is InChI=1S/C14H17FN2O3/c15-10-2-1-3-11(12(10)13(16)18)17-9-6-4-8(5-7-9)14(19)20/h1-3,8-9,17H,4-7H2,(H2,16,18)(H,19,20). The van der Waals surface area contributed by atoms with Crippen LogP contribution in [-0.4, -0.2) is 23.0 Å². The van der Waals surface area contributed by atoms with E-state index in [0.29, 0.717) is 31.4 Å². The zero-order valence-corrected chi connectivity index (χ0v) is 10.9. The van der Waals surface area contributed by atoms with Crippen molar-refractivity contribution in [1.29, 1.82) is 0 Å². The Morgan fingerprint density at radius 1 is 1.25 bits per heavy atom. The maximum absolute atomic E-state index is 13.6. The lowest BCUT2D eigenvalue weighted by Gasteiger charge is -2.28. The average Bonchev–Trinajstić information content (AvgIpc) is 2.39. The van der Waals surface area contributed by atoms with Crippen LogP contribution in [0.1, 0.15) is 36.0 Å². The number of carbonyl (C=O) groups is 2. The number of hydrogen-bond acceptors (Lipinski definition) is 3. The lowest BCUT2D eigenvalue weighted by Crippen LogP contribution is -2.30. The fourth-order valence-corrected chi connectivity index (χ4v) is 2.60. The Hall–Kier alpha value is -2.11. The number of benzene rings is 1. The Morgan fingerprint density at radius 3 is 2.45 bits per heavy atom. The SMILES string of the molecule is NC(=O)c1c(F)cccc1NC1CCC(C(=O)O)CC1. The quantitative estimate of drug-likeness (QED) is 0.786. The predicted molar refractivity (Wildman–Crippen MR) is 71.9 cm³/mol. The maximum atomic E-state index is 13.6. The molecule has 1 saturated carbocycles. The second-order valence-corrected chi connectivity index (χ2v) is 5.06. The Morgan fingerprint density at radius 2 is 1.90 bits per heavy atom. The Balaban J connectivity index is 2.07. The molecule has 4 N–H and O–H groups in total. The summed E-state index contributed by atoms with van der Waals surface area (Å²) in [6.45, 7) is 0. The van der Waals surface area contributed by atoms with Gasteiger partial charge in [0, 0.05) is 6.04 Å². The first-order chi connectivity index (χ1) is 9.49. The van der Waals surface area contributed by atoms with Gasteiger partial charge in [-0.25, -0.2) is 4.39 Å². The van der Waals surface area contributed by atoms with Gasteiger partial charge in [-0.3, -0.25) is 9.59 Å². The molecule has 1 aromatic carbocycles. The van der Waals surface area contributed by atoms with E-state index in [-0.39, 0.29) is 17.5 Å². The summed E-state index contributed by atoms with van der Waals surface area (Å²) in [5.74, 6) is -2.55. The molecule has 108 valence electrons. The predicted octanol–water partition coefficient (Wildman–Crippen LogP) is 1.98. The van der Waals surface area contributed by atoms with Gasteiger partial charge in [-0.05, 0) is 37.8 Å². The smallest absolute Gasteiger partial charge is 0.306 e. The van der Waals surface area contributed by atoms with Crippen LogP contribution in [0.2, 0.25) is 0 Å². The number of anilines is 1. The van der Waals surface area contributed by atoms with E-state index < -0.39 is 17.7 Å². The monoisotopic (exact) mass is 280 g/mol. The fourth-order valence-electron chi connectivity index (χ4n) is 2.60. The normalized spacial score (nSPS) is 22.2. The molecule has 6 heteroatoms. The van der Waals surface area contributed by atoms with Crippen molar-refractivity contribution in [2.24, 2.45) is 11.7 Å². The molecule has 0 unspecified atom stereocenters. The Labute approximate surface area is 116 Å². The number of rotatable bonds is 4. The number of amides is 1. The molecule has 1 aliphatic rings. The number of halogens is 1. The minimum atomic E-state index is -0.815. The van der Waals surface area contributed by atoms with E-state index >= 15 is 0 Å². The number of primary amides is 1. The first kappa shape index (κ1) is 14.3. The van der Waals surface area contributed by atoms with Gasteiger partial charge >= 0.3 is 5.97 Å². The summed E-state index contributed by atoms with van der Waals surface area (Å²) in [4.78, 5) is 22.2. The van der Waals surface area contributed by atoms with Crippen LogP contribution in [0.3, 0.4) is 0 Å². The number of hydrogen-bond donors (Lipinski definition) is 3. The highest BCUT2D eigenvalue weighted by Crippen LogP contribution is 2.28. The summed E-state index contributed by atoms with van der Waals surface area (Å²) >= 11 is 0. The molecule has 0 radical (unpaired) electrons. The van der Waals surface area contributed by atoms with E-state index in [1.165, 1.54) is 12.1 Å². The minimum Gasteiger partial charge on any atom is -0.481 e. The zero-order chi connectivity index (χ0) is 14.7. The Kier molecular flexibility index (Phi) is 4.22. The van der Waals surface area contributed by atoms with E-state index in [1.54, 1.807) is 6.07 Å². The highest BCUT2D eigenvalue weighted by atomic mass is 19.1. The van der Waals surface area contributed by atoms with Crippen LogP contribution >= 0.6 is 0 Å². The van der Waals surface area contributed by atoms with Crippen LogP contribution in [0.25, 0.3) is 0 Å². The summed E-state index contributed by atoms with van der Waals surface area (Å²) < 4.78 is 13.6. The third kappa shape index (κ3) is 3.07. The molecule has 5 nitrogen and oxygen atoms in total. The highest BCUT2D eigenvalue weighted by Gasteiger charge is 2.26. The molecule has 1 amide bonds. The van der Waals surface area contributed by atoms with Gasteiger partial charge in [0.05, 0.1) is 17.2 Å². The molecule has 0 atom stereocenters. The van der Waals surface area contributed by atoms with E-state index in [0.717, 1.165) is 0 Å². The molecular formula is C14H17FN2O3. The van der Waals surface area contributed by atoms with Crippen molar-refractivity contribution >= 4 is 17.6 Å². The van der Waals surface area contributed by atoms with Crippen molar-refractivity contribution in [1.82, 2.24) is 0 Å². The third-order valence-corrected chi connectivity index (χ3v) is 3.70. The number of nitrogens with two attached hydrogens (primary N) is 1. The number of carboxylic acids is 1. The van der Waals surface area contributed by atoms with Gasteiger partial charge < -0.3 is 16.2 Å². The van der Waals surface area contributed by atoms with Crippen LogP contribution in [0.5, 0.6) is 0 Å². The van der Waals surface area contributed by atoms with Crippen molar-refractivity contribution in [2.45, 2.75) is 31.7 Å². The van der Waals surface area contributed by atoms with Gasteiger partial charge in [-0.2, -0.15) is 0 Å². The second kappa shape index (κ2) is 5.90. The topological polar surface area (TPSA) is 92.4 Å². The first-order valence-corrected chi connectivity index (χ1v) is 6.56. The summed E-state index contributed by atoms with van der Waals surface area (Å²) in [5, 5.41) is 12.0. The third-order valence-electron chi connectivity index (χ3n) is 3.70. The van der Waals surface area contributed by atoms with Crippen LogP contribution in [0, 0.1) is 11.7 Å². The lowest BCUT2D eigenvalue weighted by molar-refractivity contribution is -0.142. The van der Waals surface area contributed by atoms with Crippen LogP contribution in [-0.2, 0) is 4.79 Å². The number of carboxylic acid groups (broad SMARTS) is 1. The first-order valence-electron chi connectivity index (χ1n) is 6.56. The van der Waals surface area contributed by atoms with Gasteiger partial charge in [0.1, 0.15) is 5.82 Å². The number of carbonyl (C=O) groups excluding carboxylic acids is 1. The van der Waals surface area contributed by atoms with Gasteiger partial charge in [0.25, 0.3) is 5.91 Å². The van der Waals surface area contributed by atoms with Crippen molar-refractivity contribution in [2.75, 3.05) is 5.32 Å². The van der Waals surface area contributed by atoms with Crippen LogP contribution < -0.4 is 11.1 Å². The van der Waals surface area contributed by atoms with Crippen LogP contribution in [0.15, 0.2) is 18.2 Å². The van der Waals surface area contributed by atoms with Crippen LogP contribution in [0.4, 0.5) is 10.1 Å². The molecule has 0 heterocycles. The second-order valence-electron chi connectivity index (χ2n) is 5.06. The van der Waals surface area contributed by atoms with Crippen molar-refractivity contribution in [3.8, 4) is 0 Å². The Bertz CT molecular complexity index is 525. The van der Waals surface area contributed by atoms with E-state index in [2.05, 4.69) is 5.32 Å². The van der Waals surface area contributed by atoms with E-state index in [1.807, 2.05) is 0 Å². The molecular weight excluding hydrogens is 263 g/mol. The average molecular weight is 280 g/mol. The van der Waals surface area contributed by atoms with Gasteiger partial charge in [-0.1, -0.05) is 6.07 Å². The van der Waals surface area contributed by atoms with Crippen molar-refractivity contribution < 1.29 is 19.1 Å². The molecule has 0 aliphatic heterocycles. The largest absolute Gasteiger partial charge is 0.481 e. The van der Waals surface area contributed by atoms with Gasteiger partial charge in [-0.15, -0.1) is 0 Å². The molecule has 2 rings (SSSR count). The molecule has 1 aromatic rings. The van der Waals surface area contributed by atoms with Crippen molar-refractivity contribution in [3.05, 3.63) is 29.6 Å². The van der Waals surface area contributed by atoms with Crippen molar-refractivity contribution in [3.63, 3.8) is 0 Å². The fraction of sp³-hybridized carbons (Fsp3) is 0.429. The van der Waals surface area contributed by atoms with Gasteiger partial charge in [0.15, 0.2) is 0 Å². The molecule has 0 bridgehead atoms. The summed E-state index contributed by atoms with van der Waals surface area (Å²) in [6.07, 6.45) is 2.50. The molecule has 1 aliphatic carbocycles. The minimum absolute atomic E-state index is 0.0329. The molecule has 0 spiro atoms. The molecule has 0 saturated heterocycles. The summed E-state index contributed by atoms with van der Waals surface area (Å²) in [6, 6.07) is 4.33. The summed E-state index contributed by atoms with van der Waals surface area (Å²) in [7, 11) is 0. The molecule has 0 aromatic heterocycles. The number of aliphatic carboxylic acids is 1. The van der Waals surface area contributed by atoms with E-state index in [9.17, 15) is 14.0 Å².